The van der Waals surface area contributed by atoms with Crippen LogP contribution in [0.25, 0.3) is 11.5 Å². The Morgan fingerprint density at radius 1 is 0.833 bits per heavy atom. The first-order valence-electron chi connectivity index (χ1n) is 12.0. The number of hydrogen-bond acceptors (Lipinski definition) is 8. The van der Waals surface area contributed by atoms with Crippen molar-refractivity contribution in [1.29, 1.82) is 0 Å². The minimum absolute atomic E-state index is 0.0677. The number of carbonyl (C=O) groups excluding carboxylic acids is 1. The van der Waals surface area contributed by atoms with Gasteiger partial charge in [0.15, 0.2) is 11.9 Å². The maximum absolute atomic E-state index is 13.2. The molecule has 0 bridgehead atoms. The van der Waals surface area contributed by atoms with Gasteiger partial charge in [0.25, 0.3) is 5.89 Å². The number of ketones is 1. The van der Waals surface area contributed by atoms with Gasteiger partial charge in [0.1, 0.15) is 0 Å². The van der Waals surface area contributed by atoms with Crippen LogP contribution in [0.15, 0.2) is 88.3 Å². The fraction of sp³-hybridized carbons (Fsp3) is 0.214. The molecule has 1 aromatic heterocycles. The van der Waals surface area contributed by atoms with Crippen LogP contribution in [0.1, 0.15) is 16.7 Å². The summed E-state index contributed by atoms with van der Waals surface area (Å²) in [5.74, 6) is 0.318. The second-order valence-corrected chi connectivity index (χ2v) is 8.72. The molecule has 0 amide bonds. The molecule has 0 aliphatic carbocycles. The lowest BCUT2D eigenvalue weighted by molar-refractivity contribution is -0.119. The molecule has 0 radical (unpaired) electrons. The Balaban J connectivity index is 1.32. The van der Waals surface area contributed by atoms with E-state index in [1.807, 2.05) is 78.9 Å². The SMILES string of the molecule is O=C1Cc2ccccc2C(c2ccccc2)=NC1Nc1nnc(-c2ccccc2N2CCOCC2)o1. The standard InChI is InChI=1S/C28H25N5O3/c34-24-18-20-10-4-5-11-21(20)25(19-8-2-1-3-9-19)29-26(24)30-28-32-31-27(36-28)22-12-6-7-13-23(22)33-14-16-35-17-15-33/h1-13,26H,14-18H2,(H,30,32). The first kappa shape index (κ1) is 22.2. The van der Waals surface area contributed by atoms with Gasteiger partial charge in [-0.15, -0.1) is 5.10 Å². The zero-order valence-electron chi connectivity index (χ0n) is 19.6. The highest BCUT2D eigenvalue weighted by Crippen LogP contribution is 2.31. The highest BCUT2D eigenvalue weighted by molar-refractivity contribution is 6.16. The van der Waals surface area contributed by atoms with E-state index in [0.29, 0.717) is 19.1 Å². The van der Waals surface area contributed by atoms with E-state index in [9.17, 15) is 4.79 Å². The van der Waals surface area contributed by atoms with Crippen molar-refractivity contribution in [3.8, 4) is 11.5 Å². The van der Waals surface area contributed by atoms with Gasteiger partial charge in [-0.25, -0.2) is 0 Å². The number of ether oxygens (including phenoxy) is 1. The van der Waals surface area contributed by atoms with Gasteiger partial charge < -0.3 is 19.4 Å². The lowest BCUT2D eigenvalue weighted by Crippen LogP contribution is -2.36. The molecule has 6 rings (SSSR count). The number of para-hydroxylation sites is 1. The van der Waals surface area contributed by atoms with E-state index in [2.05, 4.69) is 20.4 Å². The largest absolute Gasteiger partial charge is 0.403 e. The van der Waals surface area contributed by atoms with Crippen LogP contribution in [0.5, 0.6) is 0 Å². The van der Waals surface area contributed by atoms with Gasteiger partial charge >= 0.3 is 6.01 Å². The molecular formula is C28H25N5O3. The molecule has 36 heavy (non-hydrogen) atoms. The average molecular weight is 480 g/mol. The summed E-state index contributed by atoms with van der Waals surface area (Å²) in [4.78, 5) is 20.3. The molecule has 1 fully saturated rings. The quantitative estimate of drug-likeness (QED) is 0.463. The predicted molar refractivity (Wildman–Crippen MR) is 137 cm³/mol. The lowest BCUT2D eigenvalue weighted by Gasteiger charge is -2.29. The molecule has 2 aliphatic heterocycles. The third-order valence-corrected chi connectivity index (χ3v) is 6.42. The molecule has 3 aromatic carbocycles. The number of fused-ring (bicyclic) bond motifs is 1. The molecule has 1 unspecified atom stereocenters. The summed E-state index contributed by atoms with van der Waals surface area (Å²) in [6.07, 6.45) is -0.593. The second kappa shape index (κ2) is 9.75. The van der Waals surface area contributed by atoms with Crippen LogP contribution in [0.4, 0.5) is 11.7 Å². The fourth-order valence-corrected chi connectivity index (χ4v) is 4.64. The van der Waals surface area contributed by atoms with E-state index in [1.165, 1.54) is 0 Å². The molecule has 1 atom stereocenters. The van der Waals surface area contributed by atoms with Crippen LogP contribution in [0.2, 0.25) is 0 Å². The molecule has 180 valence electrons. The Kier molecular flexibility index (Phi) is 6.01. The number of carbonyl (C=O) groups is 1. The Bertz CT molecular complexity index is 1410. The number of anilines is 2. The molecule has 3 heterocycles. The number of Topliss-reactive ketones (excluding diaryl/α,β-unsaturated/α-hetero) is 1. The van der Waals surface area contributed by atoms with Gasteiger partial charge in [-0.3, -0.25) is 9.79 Å². The number of nitrogens with zero attached hydrogens (tertiary/aromatic N) is 4. The number of aromatic nitrogens is 2. The normalized spacial score (nSPS) is 17.8. The Labute approximate surface area is 208 Å². The van der Waals surface area contributed by atoms with Gasteiger partial charge in [0.2, 0.25) is 0 Å². The summed E-state index contributed by atoms with van der Waals surface area (Å²) in [6.45, 7) is 2.95. The van der Waals surface area contributed by atoms with Crippen molar-refractivity contribution < 1.29 is 13.9 Å². The van der Waals surface area contributed by atoms with Crippen LogP contribution < -0.4 is 10.2 Å². The van der Waals surface area contributed by atoms with Crippen molar-refractivity contribution in [3.05, 3.63) is 95.6 Å². The summed E-state index contributed by atoms with van der Waals surface area (Å²) < 4.78 is 11.5. The zero-order valence-corrected chi connectivity index (χ0v) is 19.6. The first-order chi connectivity index (χ1) is 17.8. The van der Waals surface area contributed by atoms with Crippen molar-refractivity contribution in [3.63, 3.8) is 0 Å². The van der Waals surface area contributed by atoms with Crippen molar-refractivity contribution in [2.75, 3.05) is 36.5 Å². The van der Waals surface area contributed by atoms with Gasteiger partial charge in [-0.1, -0.05) is 71.8 Å². The maximum atomic E-state index is 13.2. The summed E-state index contributed by atoms with van der Waals surface area (Å²) in [5.41, 5.74) is 5.45. The van der Waals surface area contributed by atoms with Gasteiger partial charge in [0.05, 0.1) is 24.5 Å². The minimum Gasteiger partial charge on any atom is -0.403 e. The smallest absolute Gasteiger partial charge is 0.317 e. The monoisotopic (exact) mass is 479 g/mol. The molecular weight excluding hydrogens is 454 g/mol. The Hall–Kier alpha value is -4.30. The molecule has 1 N–H and O–H groups in total. The molecule has 2 aliphatic rings. The van der Waals surface area contributed by atoms with Crippen molar-refractivity contribution in [2.45, 2.75) is 12.6 Å². The van der Waals surface area contributed by atoms with Gasteiger partial charge in [-0.05, 0) is 17.7 Å². The van der Waals surface area contributed by atoms with E-state index in [0.717, 1.165) is 46.7 Å². The van der Waals surface area contributed by atoms with Crippen LogP contribution >= 0.6 is 0 Å². The van der Waals surface area contributed by atoms with Crippen molar-refractivity contribution in [1.82, 2.24) is 10.2 Å². The van der Waals surface area contributed by atoms with E-state index in [1.54, 1.807) is 0 Å². The Morgan fingerprint density at radius 3 is 2.39 bits per heavy atom. The molecule has 8 nitrogen and oxygen atoms in total. The van der Waals surface area contributed by atoms with Crippen LogP contribution in [-0.2, 0) is 16.0 Å². The third-order valence-electron chi connectivity index (χ3n) is 6.42. The summed E-state index contributed by atoms with van der Waals surface area (Å²) in [5, 5.41) is 11.6. The van der Waals surface area contributed by atoms with Crippen LogP contribution in [0.3, 0.4) is 0 Å². The first-order valence-corrected chi connectivity index (χ1v) is 12.0. The maximum Gasteiger partial charge on any atom is 0.317 e. The molecule has 1 saturated heterocycles. The number of nitrogens with one attached hydrogen (secondary N) is 1. The van der Waals surface area contributed by atoms with Crippen molar-refractivity contribution in [2.24, 2.45) is 4.99 Å². The predicted octanol–water partition coefficient (Wildman–Crippen LogP) is 3.97. The molecule has 0 saturated carbocycles. The van der Waals surface area contributed by atoms with Gasteiger partial charge in [-0.2, -0.15) is 0 Å². The van der Waals surface area contributed by atoms with E-state index in [4.69, 9.17) is 14.1 Å². The summed E-state index contributed by atoms with van der Waals surface area (Å²) in [6, 6.07) is 25.9. The number of morpholine rings is 1. The average Bonchev–Trinajstić information content (AvgIpc) is 3.35. The van der Waals surface area contributed by atoms with Crippen molar-refractivity contribution >= 4 is 23.2 Å². The molecule has 8 heteroatoms. The number of hydrogen-bond donors (Lipinski definition) is 1. The van der Waals surface area contributed by atoms with E-state index in [-0.39, 0.29) is 18.2 Å². The van der Waals surface area contributed by atoms with Crippen LogP contribution in [0, 0.1) is 0 Å². The topological polar surface area (TPSA) is 92.9 Å². The minimum atomic E-state index is -0.851. The zero-order chi connectivity index (χ0) is 24.3. The van der Waals surface area contributed by atoms with Crippen LogP contribution in [-0.4, -0.2) is 54.2 Å². The lowest BCUT2D eigenvalue weighted by atomic mass is 9.96. The fourth-order valence-electron chi connectivity index (χ4n) is 4.64. The highest BCUT2D eigenvalue weighted by atomic mass is 16.5. The number of aliphatic imine (C=N–C) groups is 1. The third kappa shape index (κ3) is 4.38. The van der Waals surface area contributed by atoms with E-state index >= 15 is 0 Å². The number of benzene rings is 3. The number of rotatable bonds is 5. The highest BCUT2D eigenvalue weighted by Gasteiger charge is 2.27. The summed E-state index contributed by atoms with van der Waals surface area (Å²) in [7, 11) is 0. The Morgan fingerprint density at radius 2 is 1.56 bits per heavy atom. The van der Waals surface area contributed by atoms with Gasteiger partial charge in [0, 0.05) is 36.3 Å². The second-order valence-electron chi connectivity index (χ2n) is 8.72. The molecule has 0 spiro atoms. The summed E-state index contributed by atoms with van der Waals surface area (Å²) >= 11 is 0. The van der Waals surface area contributed by atoms with E-state index < -0.39 is 6.17 Å². The molecule has 4 aromatic rings.